The van der Waals surface area contributed by atoms with Crippen LogP contribution in [0.4, 0.5) is 8.78 Å². The van der Waals surface area contributed by atoms with Crippen molar-refractivity contribution in [1.82, 2.24) is 0 Å². The quantitative estimate of drug-likeness (QED) is 0.678. The van der Waals surface area contributed by atoms with E-state index in [9.17, 15) is 8.78 Å². The minimum atomic E-state index is -1.25. The maximum atomic E-state index is 12.7. The highest BCUT2D eigenvalue weighted by Gasteiger charge is 2.14. The van der Waals surface area contributed by atoms with E-state index in [0.29, 0.717) is 0 Å². The first-order chi connectivity index (χ1) is 5.54. The van der Waals surface area contributed by atoms with Gasteiger partial charge in [0, 0.05) is 11.6 Å². The average Bonchev–Trinajstić information content (AvgIpc) is 2.00. The van der Waals surface area contributed by atoms with E-state index in [2.05, 4.69) is 0 Å². The first kappa shape index (κ1) is 8.93. The van der Waals surface area contributed by atoms with E-state index in [1.807, 2.05) is 0 Å². The molecule has 1 atom stereocenters. The van der Waals surface area contributed by atoms with Crippen LogP contribution in [0.3, 0.4) is 0 Å². The van der Waals surface area contributed by atoms with Crippen molar-refractivity contribution < 1.29 is 13.9 Å². The molecule has 0 aliphatic rings. The molecule has 12 heavy (non-hydrogen) atoms. The van der Waals surface area contributed by atoms with Gasteiger partial charge in [0.05, 0.1) is 0 Å². The highest BCUT2D eigenvalue weighted by molar-refractivity contribution is 5.36. The van der Waals surface area contributed by atoms with Gasteiger partial charge >= 0.3 is 0 Å². The summed E-state index contributed by atoms with van der Waals surface area (Å²) in [6.07, 6.45) is 0. The Morgan fingerprint density at radius 2 is 2.00 bits per heavy atom. The molecule has 0 bridgehead atoms. The third kappa shape index (κ3) is 1.38. The van der Waals surface area contributed by atoms with Crippen molar-refractivity contribution in [2.45, 2.75) is 13.0 Å². The van der Waals surface area contributed by atoms with Crippen molar-refractivity contribution in [3.63, 3.8) is 0 Å². The van der Waals surface area contributed by atoms with Gasteiger partial charge in [-0.2, -0.15) is 4.39 Å². The molecule has 0 saturated carbocycles. The number of halogens is 2. The summed E-state index contributed by atoms with van der Waals surface area (Å²) in [5.41, 5.74) is 5.59. The summed E-state index contributed by atoms with van der Waals surface area (Å²) < 4.78 is 25.1. The summed E-state index contributed by atoms with van der Waals surface area (Å²) in [7, 11) is 0. The molecule has 1 rings (SSSR count). The van der Waals surface area contributed by atoms with E-state index in [-0.39, 0.29) is 5.56 Å². The molecule has 1 unspecified atom stereocenters. The Morgan fingerprint density at radius 1 is 1.42 bits per heavy atom. The molecule has 1 aromatic rings. The van der Waals surface area contributed by atoms with Gasteiger partial charge in [-0.05, 0) is 13.0 Å². The van der Waals surface area contributed by atoms with Crippen LogP contribution in [0.1, 0.15) is 18.5 Å². The van der Waals surface area contributed by atoms with Crippen LogP contribution in [0, 0.1) is 11.6 Å². The van der Waals surface area contributed by atoms with Crippen LogP contribution in [0.2, 0.25) is 0 Å². The predicted molar refractivity (Wildman–Crippen MR) is 40.6 cm³/mol. The Bertz CT molecular complexity index is 299. The maximum absolute atomic E-state index is 12.7. The molecule has 0 radical (unpaired) electrons. The average molecular weight is 173 g/mol. The number of rotatable bonds is 1. The molecule has 66 valence electrons. The van der Waals surface area contributed by atoms with Crippen LogP contribution in [-0.4, -0.2) is 5.11 Å². The van der Waals surface area contributed by atoms with E-state index in [1.165, 1.54) is 6.07 Å². The summed E-state index contributed by atoms with van der Waals surface area (Å²) in [6.45, 7) is 1.58. The fraction of sp³-hybridized carbons (Fsp3) is 0.250. The van der Waals surface area contributed by atoms with Crippen LogP contribution in [-0.2, 0) is 0 Å². The van der Waals surface area contributed by atoms with E-state index in [0.717, 1.165) is 6.07 Å². The van der Waals surface area contributed by atoms with Gasteiger partial charge in [0.25, 0.3) is 0 Å². The largest absolute Gasteiger partial charge is 0.505 e. The van der Waals surface area contributed by atoms with Crippen molar-refractivity contribution in [1.29, 1.82) is 0 Å². The monoisotopic (exact) mass is 173 g/mol. The van der Waals surface area contributed by atoms with E-state index >= 15 is 0 Å². The first-order valence-electron chi connectivity index (χ1n) is 3.46. The Hall–Kier alpha value is -1.16. The zero-order valence-electron chi connectivity index (χ0n) is 6.51. The molecule has 1 aromatic carbocycles. The highest BCUT2D eigenvalue weighted by Crippen LogP contribution is 2.26. The van der Waals surface area contributed by atoms with Crippen molar-refractivity contribution >= 4 is 0 Å². The highest BCUT2D eigenvalue weighted by atomic mass is 19.2. The third-order valence-electron chi connectivity index (χ3n) is 1.59. The van der Waals surface area contributed by atoms with Crippen LogP contribution in [0.15, 0.2) is 12.1 Å². The Labute approximate surface area is 68.6 Å². The molecule has 4 heteroatoms. The SMILES string of the molecule is CC(N)c1ccc(F)c(F)c1O. The molecule has 0 fully saturated rings. The standard InChI is InChI=1S/C8H9F2NO/c1-4(11)5-2-3-6(9)7(10)8(5)12/h2-4,12H,11H2,1H3. The van der Waals surface area contributed by atoms with Gasteiger partial charge in [0.1, 0.15) is 0 Å². The maximum Gasteiger partial charge on any atom is 0.200 e. The number of phenols is 1. The second kappa shape index (κ2) is 3.06. The van der Waals surface area contributed by atoms with Gasteiger partial charge < -0.3 is 10.8 Å². The Balaban J connectivity index is 3.27. The molecule has 3 N–H and O–H groups in total. The second-order valence-electron chi connectivity index (χ2n) is 2.59. The van der Waals surface area contributed by atoms with E-state index in [1.54, 1.807) is 6.92 Å². The van der Waals surface area contributed by atoms with Gasteiger partial charge in [-0.15, -0.1) is 0 Å². The summed E-state index contributed by atoms with van der Waals surface area (Å²) in [6, 6.07) is 1.69. The molecular weight excluding hydrogens is 164 g/mol. The van der Waals surface area contributed by atoms with Crippen LogP contribution in [0.25, 0.3) is 0 Å². The smallest absolute Gasteiger partial charge is 0.200 e. The molecule has 0 amide bonds. The molecule has 0 aromatic heterocycles. The molecule has 2 nitrogen and oxygen atoms in total. The first-order valence-corrected chi connectivity index (χ1v) is 3.46. The Morgan fingerprint density at radius 3 is 2.50 bits per heavy atom. The van der Waals surface area contributed by atoms with Crippen molar-refractivity contribution in [2.75, 3.05) is 0 Å². The molecule has 0 spiro atoms. The molecule has 0 aliphatic heterocycles. The van der Waals surface area contributed by atoms with Gasteiger partial charge in [0.2, 0.25) is 5.82 Å². The van der Waals surface area contributed by atoms with E-state index < -0.39 is 23.4 Å². The molecule has 0 aliphatic carbocycles. The minimum Gasteiger partial charge on any atom is -0.505 e. The van der Waals surface area contributed by atoms with Gasteiger partial charge in [-0.3, -0.25) is 0 Å². The summed E-state index contributed by atoms with van der Waals surface area (Å²) in [5, 5.41) is 9.05. The van der Waals surface area contributed by atoms with Crippen molar-refractivity contribution in [2.24, 2.45) is 5.73 Å². The van der Waals surface area contributed by atoms with E-state index in [4.69, 9.17) is 10.8 Å². The number of nitrogens with two attached hydrogens (primary N) is 1. The third-order valence-corrected chi connectivity index (χ3v) is 1.59. The number of phenolic OH excluding ortho intramolecular Hbond substituents is 1. The van der Waals surface area contributed by atoms with Crippen molar-refractivity contribution in [3.05, 3.63) is 29.3 Å². The fourth-order valence-corrected chi connectivity index (χ4v) is 0.922. The van der Waals surface area contributed by atoms with Crippen molar-refractivity contribution in [3.8, 4) is 5.75 Å². The number of hydrogen-bond acceptors (Lipinski definition) is 2. The fourth-order valence-electron chi connectivity index (χ4n) is 0.922. The van der Waals surface area contributed by atoms with Crippen LogP contribution in [0.5, 0.6) is 5.75 Å². The number of aromatic hydroxyl groups is 1. The summed E-state index contributed by atoms with van der Waals surface area (Å²) in [5.74, 6) is -3.02. The van der Waals surface area contributed by atoms with Gasteiger partial charge in [-0.1, -0.05) is 6.07 Å². The minimum absolute atomic E-state index is 0.203. The van der Waals surface area contributed by atoms with Crippen LogP contribution < -0.4 is 5.73 Å². The second-order valence-corrected chi connectivity index (χ2v) is 2.59. The Kier molecular flexibility index (Phi) is 2.28. The zero-order valence-corrected chi connectivity index (χ0v) is 6.51. The normalized spacial score (nSPS) is 13.0. The van der Waals surface area contributed by atoms with Crippen LogP contribution >= 0.6 is 0 Å². The topological polar surface area (TPSA) is 46.2 Å². The molecule has 0 heterocycles. The van der Waals surface area contributed by atoms with Gasteiger partial charge in [-0.25, -0.2) is 4.39 Å². The molecule has 0 saturated heterocycles. The summed E-state index contributed by atoms with van der Waals surface area (Å²) in [4.78, 5) is 0. The lowest BCUT2D eigenvalue weighted by atomic mass is 10.1. The predicted octanol–water partition coefficient (Wildman–Crippen LogP) is 1.69. The lowest BCUT2D eigenvalue weighted by Crippen LogP contribution is -2.06. The lowest BCUT2D eigenvalue weighted by molar-refractivity contribution is 0.398. The number of hydrogen-bond donors (Lipinski definition) is 2. The van der Waals surface area contributed by atoms with Gasteiger partial charge in [0.15, 0.2) is 11.6 Å². The summed E-state index contributed by atoms with van der Waals surface area (Å²) >= 11 is 0. The lowest BCUT2D eigenvalue weighted by Gasteiger charge is -2.08. The molecular formula is C8H9F2NO. The zero-order chi connectivity index (χ0) is 9.30. The number of benzene rings is 1.